The number of fused-ring (bicyclic) bond motifs is 7. The summed E-state index contributed by atoms with van der Waals surface area (Å²) < 4.78 is 48.9. The number of allylic oxidation sites excluding steroid dienone is 2. The highest BCUT2D eigenvalue weighted by Gasteiger charge is 2.73. The van der Waals surface area contributed by atoms with Crippen molar-refractivity contribution in [3.63, 3.8) is 0 Å². The van der Waals surface area contributed by atoms with Crippen molar-refractivity contribution in [2.75, 3.05) is 39.6 Å². The van der Waals surface area contributed by atoms with Gasteiger partial charge in [-0.1, -0.05) is 53.2 Å². The summed E-state index contributed by atoms with van der Waals surface area (Å²) in [4.78, 5) is 0. The Hall–Kier alpha value is -1.22. The number of hydrogen-bond acceptors (Lipinski definition) is 24. The number of aliphatic hydroxyl groups excluding tert-OH is 16. The van der Waals surface area contributed by atoms with Gasteiger partial charge in [0.1, 0.15) is 85.5 Å². The molecule has 0 bridgehead atoms. The fraction of sp³-hybridized carbons (Fsp3) is 0.962. The van der Waals surface area contributed by atoms with Gasteiger partial charge in [0.25, 0.3) is 0 Å². The topological polar surface area (TPSA) is 398 Å². The smallest absolute Gasteiger partial charge is 0.187 e. The van der Waals surface area contributed by atoms with Gasteiger partial charge in [-0.05, 0) is 84.4 Å². The Balaban J connectivity index is 1.03. The van der Waals surface area contributed by atoms with Crippen LogP contribution in [0, 0.1) is 50.2 Å². The molecule has 16 N–H and O–H groups in total. The van der Waals surface area contributed by atoms with Crippen LogP contribution in [0.1, 0.15) is 86.5 Å². The highest BCUT2D eigenvalue weighted by atomic mass is 16.8. The number of hydrogen-bond donors (Lipinski definition) is 16. The maximum Gasteiger partial charge on any atom is 0.187 e. The standard InChI is InChI=1S/C52H86O24/c1-47(2)13-22-21-7-8-28-48(3)11-10-30(49(4,19-55)27(48)9-12-50(28,5)51(21,6)14-29(59)52(22,20-56)42(68)41(47)67)73-46-40(76-44-37(66)35(64)33(62)25(15-53)71-44)38(34(63)26(16-54)72-46)74-45-39(32(61)24(58)18-70-45)75-43-36(65)31(60)23(57)17-69-43/h7,22-46,53-68H,8-20H2,1-6H3/t22-,23?,24-,25+,26+,27+,28+,29+,30-,31?,32-,33-,34+,35-,36?,37+,38-,39+,40+,41-,42-,43?,44-,45-,46-,48-,49-,50+,51+,52-/m0/s1. The zero-order valence-corrected chi connectivity index (χ0v) is 44.1. The van der Waals surface area contributed by atoms with Crippen LogP contribution >= 0.6 is 0 Å². The summed E-state index contributed by atoms with van der Waals surface area (Å²) in [6.45, 7) is 8.76. The molecule has 24 nitrogen and oxygen atoms in total. The molecule has 0 aromatic heterocycles. The summed E-state index contributed by atoms with van der Waals surface area (Å²) in [6, 6.07) is 0. The van der Waals surface area contributed by atoms with Gasteiger partial charge in [-0.2, -0.15) is 0 Å². The first-order valence-corrected chi connectivity index (χ1v) is 27.1. The van der Waals surface area contributed by atoms with Crippen molar-refractivity contribution in [3.8, 4) is 0 Å². The van der Waals surface area contributed by atoms with Gasteiger partial charge in [0, 0.05) is 5.41 Å². The second-order valence-corrected chi connectivity index (χ2v) is 25.5. The Labute approximate surface area is 441 Å². The Morgan fingerprint density at radius 1 is 0.539 bits per heavy atom. The van der Waals surface area contributed by atoms with E-state index in [1.54, 1.807) is 0 Å². The van der Waals surface area contributed by atoms with Crippen molar-refractivity contribution in [2.45, 2.75) is 222 Å². The minimum atomic E-state index is -1.99. The van der Waals surface area contributed by atoms with Crippen molar-refractivity contribution in [1.82, 2.24) is 0 Å². The molecule has 24 heteroatoms. The molecule has 8 fully saturated rings. The molecule has 4 aliphatic heterocycles. The van der Waals surface area contributed by atoms with E-state index in [-0.39, 0.29) is 24.9 Å². The summed E-state index contributed by atoms with van der Waals surface area (Å²) in [5, 5.41) is 177. The lowest BCUT2D eigenvalue weighted by Gasteiger charge is -2.72. The van der Waals surface area contributed by atoms with Gasteiger partial charge in [-0.3, -0.25) is 0 Å². The van der Waals surface area contributed by atoms with Crippen LogP contribution in [0.15, 0.2) is 11.6 Å². The third-order valence-electron chi connectivity index (χ3n) is 21.2. The quantitative estimate of drug-likeness (QED) is 0.0648. The Morgan fingerprint density at radius 3 is 1.78 bits per heavy atom. The van der Waals surface area contributed by atoms with Crippen molar-refractivity contribution in [1.29, 1.82) is 0 Å². The number of rotatable bonds is 12. The molecule has 30 atom stereocenters. The molecule has 9 rings (SSSR count). The molecule has 4 saturated carbocycles. The van der Waals surface area contributed by atoms with E-state index < -0.39 is 206 Å². The highest BCUT2D eigenvalue weighted by Crippen LogP contribution is 2.76. The van der Waals surface area contributed by atoms with Crippen LogP contribution in [0.5, 0.6) is 0 Å². The Kier molecular flexibility index (Phi) is 16.8. The predicted molar refractivity (Wildman–Crippen MR) is 256 cm³/mol. The number of aliphatic hydroxyl groups is 16. The molecule has 4 saturated heterocycles. The lowest BCUT2D eigenvalue weighted by molar-refractivity contribution is -0.403. The minimum Gasteiger partial charge on any atom is -0.396 e. The first-order chi connectivity index (χ1) is 35.6. The SMILES string of the molecule is CC1(C)C[C@H]2C3=CC[C@@H]4[C@@]5(C)CC[C@H](O[C@@H]6O[C@H](CO)[C@@H](O)[C@H](O[C@@H]7OC[C@H](O)[C@H](O)[C@H]7OC7OCC(O)C(O)C7O)[C@H]6O[C@@H]6O[C@H](CO)[C@H](O)[C@H](O)[C@H]6O)[C@@](C)(CO)[C@@H]5CC[C@@]4(C)[C@]3(C)C[C@@H](O)[C@@]2(CO)[C@@H](O)[C@@H]1O. The summed E-state index contributed by atoms with van der Waals surface area (Å²) in [5.41, 5.74) is -3.54. The van der Waals surface area contributed by atoms with E-state index in [4.69, 9.17) is 37.9 Å². The highest BCUT2D eigenvalue weighted by molar-refractivity contribution is 5.36. The zero-order valence-electron chi connectivity index (χ0n) is 44.1. The van der Waals surface area contributed by atoms with E-state index in [2.05, 4.69) is 26.8 Å². The molecule has 0 spiro atoms. The monoisotopic (exact) mass is 1090 g/mol. The normalized spacial score (nSPS) is 56.3. The van der Waals surface area contributed by atoms with Gasteiger partial charge in [-0.25, -0.2) is 0 Å². The molecule has 9 aliphatic rings. The van der Waals surface area contributed by atoms with Crippen molar-refractivity contribution >= 4 is 0 Å². The maximum absolute atomic E-state index is 12.2. The third kappa shape index (κ3) is 9.12. The predicted octanol–water partition coefficient (Wildman–Crippen LogP) is -4.40. The number of ether oxygens (including phenoxy) is 8. The lowest BCUT2D eigenvalue weighted by Crippen LogP contribution is -2.72. The average Bonchev–Trinajstić information content (AvgIpc) is 3.38. The molecule has 0 amide bonds. The summed E-state index contributed by atoms with van der Waals surface area (Å²) in [6.07, 6.45) is -30.3. The molecular weight excluding hydrogens is 1010 g/mol. The van der Waals surface area contributed by atoms with Crippen molar-refractivity contribution in [2.24, 2.45) is 50.2 Å². The van der Waals surface area contributed by atoms with Crippen LogP contribution in [0.4, 0.5) is 0 Å². The molecular formula is C52H86O24. The minimum absolute atomic E-state index is 0.00635. The lowest BCUT2D eigenvalue weighted by atomic mass is 9.33. The van der Waals surface area contributed by atoms with Crippen LogP contribution in [0.3, 0.4) is 0 Å². The molecule has 76 heavy (non-hydrogen) atoms. The summed E-state index contributed by atoms with van der Waals surface area (Å²) >= 11 is 0. The zero-order chi connectivity index (χ0) is 55.6. The van der Waals surface area contributed by atoms with Gasteiger partial charge >= 0.3 is 0 Å². The summed E-state index contributed by atoms with van der Waals surface area (Å²) in [5.74, 6) is -0.651. The molecule has 0 aromatic carbocycles. The van der Waals surface area contributed by atoms with Crippen LogP contribution in [0.25, 0.3) is 0 Å². The molecule has 4 unspecified atom stereocenters. The van der Waals surface area contributed by atoms with Crippen molar-refractivity contribution < 1.29 is 120 Å². The molecule has 438 valence electrons. The van der Waals surface area contributed by atoms with Gasteiger partial charge in [-0.15, -0.1) is 0 Å². The summed E-state index contributed by atoms with van der Waals surface area (Å²) in [7, 11) is 0. The third-order valence-corrected chi connectivity index (χ3v) is 21.2. The van der Waals surface area contributed by atoms with Gasteiger partial charge in [0.05, 0.1) is 69.5 Å². The van der Waals surface area contributed by atoms with Crippen LogP contribution < -0.4 is 0 Å². The van der Waals surface area contributed by atoms with Crippen LogP contribution in [-0.2, 0) is 37.9 Å². The molecule has 5 aliphatic carbocycles. The van der Waals surface area contributed by atoms with E-state index in [1.165, 1.54) is 0 Å². The Morgan fingerprint density at radius 2 is 1.13 bits per heavy atom. The van der Waals surface area contributed by atoms with E-state index in [9.17, 15) is 81.7 Å². The van der Waals surface area contributed by atoms with Crippen LogP contribution in [0.2, 0.25) is 0 Å². The van der Waals surface area contributed by atoms with E-state index in [0.717, 1.165) is 5.57 Å². The molecule has 0 aromatic rings. The fourth-order valence-electron chi connectivity index (χ4n) is 16.3. The average molecular weight is 1100 g/mol. The Bertz CT molecular complexity index is 2050. The van der Waals surface area contributed by atoms with Crippen molar-refractivity contribution in [3.05, 3.63) is 11.6 Å². The van der Waals surface area contributed by atoms with Gasteiger partial charge in [0.2, 0.25) is 0 Å². The maximum atomic E-state index is 12.2. The largest absolute Gasteiger partial charge is 0.396 e. The molecule has 0 radical (unpaired) electrons. The van der Waals surface area contributed by atoms with E-state index in [0.29, 0.717) is 38.5 Å². The first-order valence-electron chi connectivity index (χ1n) is 27.1. The van der Waals surface area contributed by atoms with Crippen LogP contribution in [-0.4, -0.2) is 256 Å². The fourth-order valence-corrected chi connectivity index (χ4v) is 16.3. The second kappa shape index (κ2) is 21.5. The van der Waals surface area contributed by atoms with Gasteiger partial charge < -0.3 is 120 Å². The van der Waals surface area contributed by atoms with E-state index >= 15 is 0 Å². The van der Waals surface area contributed by atoms with Gasteiger partial charge in [0.15, 0.2) is 25.2 Å². The van der Waals surface area contributed by atoms with E-state index in [1.807, 2.05) is 20.8 Å². The molecule has 4 heterocycles. The second-order valence-electron chi connectivity index (χ2n) is 25.5. The first kappa shape index (κ1) is 59.4.